The quantitative estimate of drug-likeness (QED) is 0.605. The predicted octanol–water partition coefficient (Wildman–Crippen LogP) is 4.45. The maximum atomic E-state index is 12.6. The van der Waals surface area contributed by atoms with E-state index in [-0.39, 0.29) is 16.9 Å². The Hall–Kier alpha value is -2.63. The third kappa shape index (κ3) is 5.46. The first kappa shape index (κ1) is 21.1. The van der Waals surface area contributed by atoms with Crippen LogP contribution in [0.4, 0.5) is 0 Å². The first-order valence-corrected chi connectivity index (χ1v) is 11.3. The van der Waals surface area contributed by atoms with Gasteiger partial charge in [0.25, 0.3) is 0 Å². The summed E-state index contributed by atoms with van der Waals surface area (Å²) in [6.45, 7) is 1.89. The highest BCUT2D eigenvalue weighted by Crippen LogP contribution is 2.28. The summed E-state index contributed by atoms with van der Waals surface area (Å²) in [6, 6.07) is 25.2. The van der Waals surface area contributed by atoms with Crippen molar-refractivity contribution in [2.45, 2.75) is 23.8 Å². The van der Waals surface area contributed by atoms with Gasteiger partial charge in [0.15, 0.2) is 9.84 Å². The average Bonchev–Trinajstić information content (AvgIpc) is 2.69. The van der Waals surface area contributed by atoms with Crippen LogP contribution in [-0.2, 0) is 14.6 Å². The summed E-state index contributed by atoms with van der Waals surface area (Å²) in [7, 11) is -3.75. The molecule has 1 atom stereocenters. The van der Waals surface area contributed by atoms with E-state index in [1.807, 2.05) is 67.6 Å². The van der Waals surface area contributed by atoms with E-state index < -0.39 is 21.5 Å². The Bertz CT molecular complexity index is 1010. The summed E-state index contributed by atoms with van der Waals surface area (Å²) in [4.78, 5) is 12.6. The van der Waals surface area contributed by atoms with Gasteiger partial charge in [0, 0.05) is 17.0 Å². The Morgan fingerprint density at radius 2 is 1.34 bits per heavy atom. The molecule has 0 spiro atoms. The van der Waals surface area contributed by atoms with Crippen LogP contribution < -0.4 is 5.32 Å². The van der Waals surface area contributed by atoms with Gasteiger partial charge in [-0.3, -0.25) is 4.79 Å². The zero-order valence-corrected chi connectivity index (χ0v) is 17.5. The second kappa shape index (κ2) is 9.25. The Labute approximate surface area is 176 Å². The van der Waals surface area contributed by atoms with Crippen LogP contribution in [0.1, 0.15) is 24.0 Å². The van der Waals surface area contributed by atoms with Gasteiger partial charge in [0.05, 0.1) is 4.90 Å². The van der Waals surface area contributed by atoms with Crippen LogP contribution in [0.25, 0.3) is 0 Å². The summed E-state index contributed by atoms with van der Waals surface area (Å²) >= 11 is 5.81. The molecule has 3 aromatic carbocycles. The van der Waals surface area contributed by atoms with Crippen molar-refractivity contribution >= 4 is 27.3 Å². The first-order valence-electron chi connectivity index (χ1n) is 9.24. The van der Waals surface area contributed by atoms with Gasteiger partial charge in [-0.2, -0.15) is 0 Å². The number of amides is 1. The molecule has 0 aliphatic carbocycles. The van der Waals surface area contributed by atoms with Crippen molar-refractivity contribution in [3.63, 3.8) is 0 Å². The summed E-state index contributed by atoms with van der Waals surface area (Å²) in [5.41, 5.74) is 2.10. The maximum Gasteiger partial charge on any atom is 0.235 e. The van der Waals surface area contributed by atoms with Crippen molar-refractivity contribution in [3.05, 3.63) is 101 Å². The number of rotatable bonds is 7. The zero-order chi connectivity index (χ0) is 20.9. The summed E-state index contributed by atoms with van der Waals surface area (Å²) < 4.78 is 25.1. The van der Waals surface area contributed by atoms with Crippen molar-refractivity contribution in [1.29, 1.82) is 0 Å². The van der Waals surface area contributed by atoms with E-state index in [4.69, 9.17) is 11.6 Å². The molecule has 6 heteroatoms. The number of halogens is 1. The third-order valence-electron chi connectivity index (χ3n) is 4.70. The monoisotopic (exact) mass is 427 g/mol. The van der Waals surface area contributed by atoms with Crippen molar-refractivity contribution < 1.29 is 13.2 Å². The molecule has 1 N–H and O–H groups in total. The molecule has 0 fully saturated rings. The van der Waals surface area contributed by atoms with Crippen LogP contribution in [0, 0.1) is 0 Å². The summed E-state index contributed by atoms with van der Waals surface area (Å²) in [5.74, 6) is -1.25. The van der Waals surface area contributed by atoms with Gasteiger partial charge >= 0.3 is 0 Å². The molecule has 150 valence electrons. The topological polar surface area (TPSA) is 63.2 Å². The molecule has 0 heterocycles. The number of carbonyl (C=O) groups excluding carboxylic acids is 1. The van der Waals surface area contributed by atoms with E-state index in [9.17, 15) is 13.2 Å². The molecule has 1 amide bonds. The molecule has 4 nitrogen and oxygen atoms in total. The molecule has 0 radical (unpaired) electrons. The molecule has 0 saturated carbocycles. The SMILES string of the molecule is CC(NC(=O)CS(=O)(=O)c1ccc(Cl)cc1)C(c1ccccc1)c1ccccc1. The molecular weight excluding hydrogens is 406 g/mol. The van der Waals surface area contributed by atoms with E-state index in [1.54, 1.807) is 0 Å². The van der Waals surface area contributed by atoms with Crippen LogP contribution in [0.15, 0.2) is 89.8 Å². The fraction of sp³-hybridized carbons (Fsp3) is 0.174. The average molecular weight is 428 g/mol. The van der Waals surface area contributed by atoms with Crippen LogP contribution in [0.5, 0.6) is 0 Å². The number of nitrogens with one attached hydrogen (secondary N) is 1. The van der Waals surface area contributed by atoms with Gasteiger partial charge in [0.2, 0.25) is 5.91 Å². The van der Waals surface area contributed by atoms with E-state index in [1.165, 1.54) is 24.3 Å². The minimum absolute atomic E-state index is 0.0763. The predicted molar refractivity (Wildman–Crippen MR) is 116 cm³/mol. The van der Waals surface area contributed by atoms with Gasteiger partial charge in [-0.05, 0) is 42.3 Å². The second-order valence-electron chi connectivity index (χ2n) is 6.87. The zero-order valence-electron chi connectivity index (χ0n) is 16.0. The highest BCUT2D eigenvalue weighted by Gasteiger charge is 2.25. The number of sulfone groups is 1. The van der Waals surface area contributed by atoms with Crippen LogP contribution >= 0.6 is 11.6 Å². The van der Waals surface area contributed by atoms with Crippen LogP contribution in [0.2, 0.25) is 5.02 Å². The third-order valence-corrected chi connectivity index (χ3v) is 6.58. The lowest BCUT2D eigenvalue weighted by Crippen LogP contribution is -2.40. The molecule has 1 unspecified atom stereocenters. The standard InChI is InChI=1S/C23H22ClNO3S/c1-17(23(18-8-4-2-5-9-18)19-10-6-3-7-11-19)25-22(26)16-29(27,28)21-14-12-20(24)13-15-21/h2-15,17,23H,16H2,1H3,(H,25,26). The van der Waals surface area contributed by atoms with Crippen molar-refractivity contribution in [2.75, 3.05) is 5.75 Å². The highest BCUT2D eigenvalue weighted by molar-refractivity contribution is 7.92. The van der Waals surface area contributed by atoms with Crippen molar-refractivity contribution in [2.24, 2.45) is 0 Å². The van der Waals surface area contributed by atoms with Crippen LogP contribution in [0.3, 0.4) is 0 Å². The van der Waals surface area contributed by atoms with E-state index in [0.717, 1.165) is 11.1 Å². The molecule has 3 aromatic rings. The molecule has 3 rings (SSSR count). The molecule has 0 saturated heterocycles. The lowest BCUT2D eigenvalue weighted by molar-refractivity contribution is -0.119. The smallest absolute Gasteiger partial charge is 0.235 e. The molecule has 0 bridgehead atoms. The molecule has 0 aromatic heterocycles. The van der Waals surface area contributed by atoms with Crippen molar-refractivity contribution in [1.82, 2.24) is 5.32 Å². The number of benzene rings is 3. The van der Waals surface area contributed by atoms with Crippen molar-refractivity contribution in [3.8, 4) is 0 Å². The van der Waals surface area contributed by atoms with E-state index in [2.05, 4.69) is 5.32 Å². The fourth-order valence-corrected chi connectivity index (χ4v) is 4.64. The minimum atomic E-state index is -3.75. The summed E-state index contributed by atoms with van der Waals surface area (Å²) in [6.07, 6.45) is 0. The summed E-state index contributed by atoms with van der Waals surface area (Å²) in [5, 5.41) is 3.31. The van der Waals surface area contributed by atoms with Gasteiger partial charge in [-0.15, -0.1) is 0 Å². The number of hydrogen-bond donors (Lipinski definition) is 1. The maximum absolute atomic E-state index is 12.6. The minimum Gasteiger partial charge on any atom is -0.352 e. The molecular formula is C23H22ClNO3S. The largest absolute Gasteiger partial charge is 0.352 e. The Morgan fingerprint density at radius 1 is 0.862 bits per heavy atom. The van der Waals surface area contributed by atoms with E-state index in [0.29, 0.717) is 5.02 Å². The fourth-order valence-electron chi connectivity index (χ4n) is 3.37. The molecule has 29 heavy (non-hydrogen) atoms. The Balaban J connectivity index is 1.78. The lowest BCUT2D eigenvalue weighted by atomic mass is 9.86. The normalized spacial score (nSPS) is 12.5. The number of hydrogen-bond acceptors (Lipinski definition) is 3. The first-order chi connectivity index (χ1) is 13.9. The Morgan fingerprint density at radius 3 is 1.83 bits per heavy atom. The number of carbonyl (C=O) groups is 1. The van der Waals surface area contributed by atoms with E-state index >= 15 is 0 Å². The lowest BCUT2D eigenvalue weighted by Gasteiger charge is -2.26. The van der Waals surface area contributed by atoms with Gasteiger partial charge in [0.1, 0.15) is 5.75 Å². The van der Waals surface area contributed by atoms with Crippen LogP contribution in [-0.4, -0.2) is 26.1 Å². The van der Waals surface area contributed by atoms with Gasteiger partial charge in [-0.25, -0.2) is 8.42 Å². The molecule has 0 aliphatic rings. The van der Waals surface area contributed by atoms with Gasteiger partial charge < -0.3 is 5.32 Å². The molecule has 0 aliphatic heterocycles. The highest BCUT2D eigenvalue weighted by atomic mass is 35.5. The second-order valence-corrected chi connectivity index (χ2v) is 9.29. The Kier molecular flexibility index (Phi) is 6.72. The van der Waals surface area contributed by atoms with Gasteiger partial charge in [-0.1, -0.05) is 72.3 Å².